The van der Waals surface area contributed by atoms with Crippen LogP contribution >= 0.6 is 0 Å². The summed E-state index contributed by atoms with van der Waals surface area (Å²) >= 11 is 0. The molecule has 7 heteroatoms. The average Bonchev–Trinajstić information content (AvgIpc) is 2.69. The monoisotopic (exact) mass is 404 g/mol. The first-order valence-corrected chi connectivity index (χ1v) is 9.78. The number of benzene rings is 2. The van der Waals surface area contributed by atoms with E-state index in [1.807, 2.05) is 25.8 Å². The van der Waals surface area contributed by atoms with E-state index in [-0.39, 0.29) is 18.3 Å². The van der Waals surface area contributed by atoms with Crippen molar-refractivity contribution in [3.05, 3.63) is 48.3 Å². The van der Waals surface area contributed by atoms with Crippen LogP contribution in [0, 0.1) is 5.82 Å². The lowest BCUT2D eigenvalue weighted by Gasteiger charge is -2.17. The molecule has 1 amide bonds. The fourth-order valence-electron chi connectivity index (χ4n) is 2.71. The maximum atomic E-state index is 12.9. The van der Waals surface area contributed by atoms with Gasteiger partial charge in [0.2, 0.25) is 5.91 Å². The highest BCUT2D eigenvalue weighted by Crippen LogP contribution is 2.30. The van der Waals surface area contributed by atoms with E-state index in [0.29, 0.717) is 49.3 Å². The number of carbonyl (C=O) groups is 1. The van der Waals surface area contributed by atoms with Gasteiger partial charge in [-0.1, -0.05) is 0 Å². The second kappa shape index (κ2) is 11.9. The Morgan fingerprint density at radius 1 is 1.00 bits per heavy atom. The Balaban J connectivity index is 1.74. The van der Waals surface area contributed by atoms with E-state index in [2.05, 4.69) is 5.32 Å². The van der Waals surface area contributed by atoms with Crippen molar-refractivity contribution in [1.82, 2.24) is 4.90 Å². The van der Waals surface area contributed by atoms with E-state index in [1.54, 1.807) is 30.3 Å². The van der Waals surface area contributed by atoms with Gasteiger partial charge in [-0.05, 0) is 63.7 Å². The number of nitrogens with zero attached hydrogens (tertiary/aromatic N) is 1. The van der Waals surface area contributed by atoms with Gasteiger partial charge in [-0.15, -0.1) is 0 Å². The van der Waals surface area contributed by atoms with Crippen molar-refractivity contribution in [2.24, 2.45) is 0 Å². The van der Waals surface area contributed by atoms with Gasteiger partial charge >= 0.3 is 0 Å². The van der Waals surface area contributed by atoms with Crippen LogP contribution in [-0.2, 0) is 4.79 Å². The van der Waals surface area contributed by atoms with Crippen LogP contribution in [0.4, 0.5) is 10.1 Å². The third-order valence-corrected chi connectivity index (χ3v) is 4.01. The molecule has 0 aliphatic rings. The Kier molecular flexibility index (Phi) is 9.24. The third kappa shape index (κ3) is 7.99. The molecule has 2 aromatic carbocycles. The maximum absolute atomic E-state index is 12.9. The minimum Gasteiger partial charge on any atom is -0.494 e. The lowest BCUT2D eigenvalue weighted by Crippen LogP contribution is -2.31. The zero-order chi connectivity index (χ0) is 21.1. The number of anilines is 1. The number of ether oxygens (including phenoxy) is 3. The van der Waals surface area contributed by atoms with Gasteiger partial charge in [0, 0.05) is 18.3 Å². The highest BCUT2D eigenvalue weighted by molar-refractivity contribution is 5.92. The summed E-state index contributed by atoms with van der Waals surface area (Å²) < 4.78 is 29.5. The lowest BCUT2D eigenvalue weighted by molar-refractivity contribution is -0.117. The first-order chi connectivity index (χ1) is 14.0. The number of amides is 1. The first-order valence-electron chi connectivity index (χ1n) is 9.78. The number of hydrogen-bond acceptors (Lipinski definition) is 5. The van der Waals surface area contributed by atoms with Gasteiger partial charge in [-0.2, -0.15) is 0 Å². The van der Waals surface area contributed by atoms with Crippen molar-refractivity contribution in [1.29, 1.82) is 0 Å². The zero-order valence-corrected chi connectivity index (χ0v) is 17.2. The molecule has 0 spiro atoms. The van der Waals surface area contributed by atoms with Gasteiger partial charge in [0.05, 0.1) is 26.4 Å². The molecule has 0 aliphatic heterocycles. The summed E-state index contributed by atoms with van der Waals surface area (Å²) in [6.45, 7) is 6.31. The van der Waals surface area contributed by atoms with Crippen LogP contribution in [0.1, 0.15) is 20.3 Å². The first kappa shape index (κ1) is 22.5. The second-order valence-electron chi connectivity index (χ2n) is 6.47. The van der Waals surface area contributed by atoms with E-state index in [4.69, 9.17) is 14.2 Å². The van der Waals surface area contributed by atoms with Crippen molar-refractivity contribution < 1.29 is 23.4 Å². The highest BCUT2D eigenvalue weighted by atomic mass is 19.1. The standard InChI is InChI=1S/C22H29FN2O4/c1-4-27-20-12-9-18(15-21(20)28-5-2)24-22(26)16-25(3)13-6-14-29-19-10-7-17(23)8-11-19/h7-12,15H,4-6,13-14,16H2,1-3H3,(H,24,26). The second-order valence-corrected chi connectivity index (χ2v) is 6.47. The topological polar surface area (TPSA) is 60.0 Å². The van der Waals surface area contributed by atoms with Crippen LogP contribution in [0.3, 0.4) is 0 Å². The van der Waals surface area contributed by atoms with Gasteiger partial charge in [-0.25, -0.2) is 4.39 Å². The number of rotatable bonds is 12. The molecule has 6 nitrogen and oxygen atoms in total. The van der Waals surface area contributed by atoms with Crippen LogP contribution in [0.5, 0.6) is 17.2 Å². The van der Waals surface area contributed by atoms with Gasteiger partial charge < -0.3 is 19.5 Å². The van der Waals surface area contributed by atoms with Gasteiger partial charge in [-0.3, -0.25) is 9.69 Å². The van der Waals surface area contributed by atoms with Crippen molar-refractivity contribution in [3.8, 4) is 17.2 Å². The van der Waals surface area contributed by atoms with Gasteiger partial charge in [0.25, 0.3) is 0 Å². The van der Waals surface area contributed by atoms with Gasteiger partial charge in [0.1, 0.15) is 11.6 Å². The predicted molar refractivity (Wildman–Crippen MR) is 111 cm³/mol. The Labute approximate surface area is 171 Å². The molecular weight excluding hydrogens is 375 g/mol. The van der Waals surface area contributed by atoms with E-state index >= 15 is 0 Å². The number of hydrogen-bond donors (Lipinski definition) is 1. The Bertz CT molecular complexity index is 768. The van der Waals surface area contributed by atoms with E-state index in [9.17, 15) is 9.18 Å². The van der Waals surface area contributed by atoms with Gasteiger partial charge in [0.15, 0.2) is 11.5 Å². The molecule has 0 aromatic heterocycles. The number of nitrogens with one attached hydrogen (secondary N) is 1. The van der Waals surface area contributed by atoms with Crippen LogP contribution < -0.4 is 19.5 Å². The molecule has 0 heterocycles. The molecule has 1 N–H and O–H groups in total. The molecule has 2 aromatic rings. The van der Waals surface area contributed by atoms with Crippen LogP contribution in [0.2, 0.25) is 0 Å². The number of carbonyl (C=O) groups excluding carboxylic acids is 1. The van der Waals surface area contributed by atoms with Crippen molar-refractivity contribution >= 4 is 11.6 Å². The summed E-state index contributed by atoms with van der Waals surface area (Å²) in [5, 5.41) is 2.88. The normalized spacial score (nSPS) is 10.7. The zero-order valence-electron chi connectivity index (χ0n) is 17.2. The largest absolute Gasteiger partial charge is 0.494 e. The predicted octanol–water partition coefficient (Wildman–Crippen LogP) is 3.96. The van der Waals surface area contributed by atoms with Crippen molar-refractivity contribution in [3.63, 3.8) is 0 Å². The molecule has 158 valence electrons. The summed E-state index contributed by atoms with van der Waals surface area (Å²) in [7, 11) is 1.88. The Morgan fingerprint density at radius 2 is 1.69 bits per heavy atom. The summed E-state index contributed by atoms with van der Waals surface area (Å²) in [6, 6.07) is 11.3. The van der Waals surface area contributed by atoms with Crippen LogP contribution in [0.15, 0.2) is 42.5 Å². The van der Waals surface area contributed by atoms with Crippen LogP contribution in [-0.4, -0.2) is 50.8 Å². The number of halogens is 1. The molecule has 0 unspecified atom stereocenters. The molecule has 0 saturated carbocycles. The van der Waals surface area contributed by atoms with E-state index in [1.165, 1.54) is 12.1 Å². The summed E-state index contributed by atoms with van der Waals surface area (Å²) in [5.74, 6) is 1.50. The third-order valence-electron chi connectivity index (χ3n) is 4.01. The average molecular weight is 404 g/mol. The quantitative estimate of drug-likeness (QED) is 0.543. The fraction of sp³-hybridized carbons (Fsp3) is 0.409. The Hall–Kier alpha value is -2.80. The van der Waals surface area contributed by atoms with E-state index in [0.717, 1.165) is 6.42 Å². The van der Waals surface area contributed by atoms with Crippen molar-refractivity contribution in [2.75, 3.05) is 45.3 Å². The van der Waals surface area contributed by atoms with Crippen LogP contribution in [0.25, 0.3) is 0 Å². The maximum Gasteiger partial charge on any atom is 0.238 e. The smallest absolute Gasteiger partial charge is 0.238 e. The molecule has 0 aliphatic carbocycles. The lowest BCUT2D eigenvalue weighted by atomic mass is 10.2. The molecule has 2 rings (SSSR count). The van der Waals surface area contributed by atoms with E-state index < -0.39 is 0 Å². The summed E-state index contributed by atoms with van der Waals surface area (Å²) in [4.78, 5) is 14.2. The summed E-state index contributed by atoms with van der Waals surface area (Å²) in [6.07, 6.45) is 0.749. The molecule has 0 fully saturated rings. The molecule has 0 radical (unpaired) electrons. The molecule has 0 atom stereocenters. The van der Waals surface area contributed by atoms with Crippen molar-refractivity contribution in [2.45, 2.75) is 20.3 Å². The molecular formula is C22H29FN2O4. The minimum absolute atomic E-state index is 0.112. The summed E-state index contributed by atoms with van der Waals surface area (Å²) in [5.41, 5.74) is 0.662. The SMILES string of the molecule is CCOc1ccc(NC(=O)CN(C)CCCOc2ccc(F)cc2)cc1OCC. The Morgan fingerprint density at radius 3 is 2.38 bits per heavy atom. The minimum atomic E-state index is -0.288. The highest BCUT2D eigenvalue weighted by Gasteiger charge is 2.10. The number of likely N-dealkylation sites (N-methyl/N-ethyl adjacent to an activating group) is 1. The molecule has 29 heavy (non-hydrogen) atoms. The fourth-order valence-corrected chi connectivity index (χ4v) is 2.71. The molecule has 0 bridgehead atoms. The molecule has 0 saturated heterocycles.